The molecule has 0 radical (unpaired) electrons. The maximum Gasteiger partial charge on any atom is 0.123 e. The van der Waals surface area contributed by atoms with Crippen molar-refractivity contribution in [1.29, 1.82) is 0 Å². The zero-order valence-electron chi connectivity index (χ0n) is 6.62. The third kappa shape index (κ3) is 2.95. The second-order valence-corrected chi connectivity index (χ2v) is 4.28. The first-order valence-electron chi connectivity index (χ1n) is 3.77. The summed E-state index contributed by atoms with van der Waals surface area (Å²) >= 11 is 5.49. The average molecular weight is 207 g/mol. The molecule has 0 spiro atoms. The van der Waals surface area contributed by atoms with Crippen molar-refractivity contribution in [2.45, 2.75) is 17.9 Å². The van der Waals surface area contributed by atoms with Crippen LogP contribution in [-0.4, -0.2) is 25.8 Å². The Morgan fingerprint density at radius 1 is 1.58 bits per heavy atom. The van der Waals surface area contributed by atoms with Crippen LogP contribution in [-0.2, 0) is 10.8 Å². The van der Waals surface area contributed by atoms with Crippen molar-refractivity contribution < 1.29 is 4.21 Å². The Bertz CT molecular complexity index is 238. The maximum atomic E-state index is 11.4. The highest BCUT2D eigenvalue weighted by Crippen LogP contribution is 2.03. The summed E-state index contributed by atoms with van der Waals surface area (Å²) in [5, 5.41) is 0.699. The van der Waals surface area contributed by atoms with Crippen molar-refractivity contribution in [2.24, 2.45) is 0 Å². The fourth-order valence-corrected chi connectivity index (χ4v) is 2.04. The number of halogens is 1. The van der Waals surface area contributed by atoms with Gasteiger partial charge in [-0.15, -0.1) is 11.6 Å². The van der Waals surface area contributed by atoms with Gasteiger partial charge in [-0.25, -0.2) is 4.98 Å². The molecule has 12 heavy (non-hydrogen) atoms. The van der Waals surface area contributed by atoms with Crippen LogP contribution in [0.5, 0.6) is 0 Å². The second-order valence-electron chi connectivity index (χ2n) is 2.36. The van der Waals surface area contributed by atoms with Crippen LogP contribution in [0.15, 0.2) is 17.6 Å². The van der Waals surface area contributed by atoms with Gasteiger partial charge in [0.25, 0.3) is 0 Å². The summed E-state index contributed by atoms with van der Waals surface area (Å²) in [7, 11) is -0.930. The van der Waals surface area contributed by atoms with Gasteiger partial charge < -0.3 is 4.98 Å². The molecule has 0 bridgehead atoms. The van der Waals surface area contributed by atoms with E-state index in [9.17, 15) is 4.21 Å². The van der Waals surface area contributed by atoms with Crippen molar-refractivity contribution in [3.8, 4) is 0 Å². The zero-order valence-corrected chi connectivity index (χ0v) is 8.20. The predicted molar refractivity (Wildman–Crippen MR) is 49.8 cm³/mol. The van der Waals surface area contributed by atoms with Crippen LogP contribution in [0.1, 0.15) is 12.8 Å². The predicted octanol–water partition coefficient (Wildman–Crippen LogP) is 1.54. The topological polar surface area (TPSA) is 45.8 Å². The Labute approximate surface area is 79.0 Å². The van der Waals surface area contributed by atoms with Crippen molar-refractivity contribution in [2.75, 3.05) is 11.6 Å². The molecule has 0 aromatic carbocycles. The molecule has 0 amide bonds. The molecule has 1 heterocycles. The van der Waals surface area contributed by atoms with E-state index < -0.39 is 10.8 Å². The zero-order chi connectivity index (χ0) is 8.81. The molecule has 1 atom stereocenters. The molecule has 0 aliphatic rings. The molecule has 0 saturated carbocycles. The lowest BCUT2D eigenvalue weighted by molar-refractivity contribution is 0.677. The summed E-state index contributed by atoms with van der Waals surface area (Å²) < 4.78 is 11.4. The van der Waals surface area contributed by atoms with Gasteiger partial charge in [0.2, 0.25) is 0 Å². The number of hydrogen-bond acceptors (Lipinski definition) is 2. The van der Waals surface area contributed by atoms with E-state index in [1.54, 1.807) is 6.20 Å². The molecule has 1 aromatic heterocycles. The lowest BCUT2D eigenvalue weighted by Gasteiger charge is -1.96. The van der Waals surface area contributed by atoms with Gasteiger partial charge in [0.05, 0.1) is 23.3 Å². The minimum atomic E-state index is -0.930. The number of aromatic amines is 1. The Balaban J connectivity index is 2.30. The summed E-state index contributed by atoms with van der Waals surface area (Å²) in [6.07, 6.45) is 4.95. The van der Waals surface area contributed by atoms with Crippen molar-refractivity contribution in [1.82, 2.24) is 9.97 Å². The van der Waals surface area contributed by atoms with Gasteiger partial charge in [0.1, 0.15) is 5.03 Å². The van der Waals surface area contributed by atoms with E-state index in [2.05, 4.69) is 9.97 Å². The Morgan fingerprint density at radius 3 is 3.00 bits per heavy atom. The fraction of sp³-hybridized carbons (Fsp3) is 0.571. The Kier molecular flexibility index (Phi) is 4.32. The van der Waals surface area contributed by atoms with E-state index in [-0.39, 0.29) is 0 Å². The third-order valence-electron chi connectivity index (χ3n) is 1.43. The van der Waals surface area contributed by atoms with Crippen molar-refractivity contribution in [3.63, 3.8) is 0 Å². The quantitative estimate of drug-likeness (QED) is 0.587. The monoisotopic (exact) mass is 206 g/mol. The highest BCUT2D eigenvalue weighted by molar-refractivity contribution is 7.84. The maximum absolute atomic E-state index is 11.4. The van der Waals surface area contributed by atoms with E-state index in [1.165, 1.54) is 6.33 Å². The van der Waals surface area contributed by atoms with Crippen LogP contribution in [0.25, 0.3) is 0 Å². The normalized spacial score (nSPS) is 13.1. The van der Waals surface area contributed by atoms with Crippen LogP contribution in [0.4, 0.5) is 0 Å². The molecule has 0 fully saturated rings. The number of H-pyrrole nitrogens is 1. The number of nitrogens with one attached hydrogen (secondary N) is 1. The van der Waals surface area contributed by atoms with Crippen molar-refractivity contribution in [3.05, 3.63) is 12.5 Å². The molecule has 0 aliphatic heterocycles. The number of alkyl halides is 1. The van der Waals surface area contributed by atoms with Crippen LogP contribution in [0.3, 0.4) is 0 Å². The van der Waals surface area contributed by atoms with Gasteiger partial charge in [-0.05, 0) is 12.8 Å². The molecule has 0 saturated heterocycles. The molecule has 1 unspecified atom stereocenters. The van der Waals surface area contributed by atoms with Crippen molar-refractivity contribution >= 4 is 22.4 Å². The molecule has 1 N–H and O–H groups in total. The molecule has 1 rings (SSSR count). The molecule has 0 aliphatic carbocycles. The number of rotatable bonds is 5. The number of aromatic nitrogens is 2. The number of hydrogen-bond donors (Lipinski definition) is 1. The van der Waals surface area contributed by atoms with Gasteiger partial charge >= 0.3 is 0 Å². The van der Waals surface area contributed by atoms with Crippen LogP contribution in [0, 0.1) is 0 Å². The SMILES string of the molecule is O=S(CCCCCl)c1cnc[nH]1. The first kappa shape index (κ1) is 9.74. The average Bonchev–Trinajstić information content (AvgIpc) is 2.56. The van der Waals surface area contributed by atoms with E-state index in [4.69, 9.17) is 11.6 Å². The highest BCUT2D eigenvalue weighted by Gasteiger charge is 2.03. The summed E-state index contributed by atoms with van der Waals surface area (Å²) in [6.45, 7) is 0. The molecule has 68 valence electrons. The highest BCUT2D eigenvalue weighted by atomic mass is 35.5. The standard InChI is InChI=1S/C7H11ClN2OS/c8-3-1-2-4-12(11)7-5-9-6-10-7/h5-6H,1-4H2,(H,9,10). The van der Waals surface area contributed by atoms with Crippen LogP contribution >= 0.6 is 11.6 Å². The van der Waals surface area contributed by atoms with Gasteiger partial charge in [0.15, 0.2) is 0 Å². The third-order valence-corrected chi connectivity index (χ3v) is 3.07. The first-order valence-corrected chi connectivity index (χ1v) is 5.62. The summed E-state index contributed by atoms with van der Waals surface area (Å²) in [5.74, 6) is 1.30. The lowest BCUT2D eigenvalue weighted by Crippen LogP contribution is -1.98. The van der Waals surface area contributed by atoms with Gasteiger partial charge in [-0.3, -0.25) is 4.21 Å². The lowest BCUT2D eigenvalue weighted by atomic mass is 10.4. The first-order chi connectivity index (χ1) is 5.84. The Morgan fingerprint density at radius 2 is 2.42 bits per heavy atom. The molecule has 5 heteroatoms. The van der Waals surface area contributed by atoms with E-state index >= 15 is 0 Å². The van der Waals surface area contributed by atoms with E-state index in [1.807, 2.05) is 0 Å². The number of nitrogens with zero attached hydrogens (tertiary/aromatic N) is 1. The smallest absolute Gasteiger partial charge is 0.123 e. The molecule has 1 aromatic rings. The van der Waals surface area contributed by atoms with Gasteiger partial charge in [-0.1, -0.05) is 0 Å². The molecular formula is C7H11ClN2OS. The van der Waals surface area contributed by atoms with E-state index in [0.717, 1.165) is 12.8 Å². The second kappa shape index (κ2) is 5.32. The fourth-order valence-electron chi connectivity index (χ4n) is 0.805. The number of imidazole rings is 1. The van der Waals surface area contributed by atoms with Crippen LogP contribution < -0.4 is 0 Å². The van der Waals surface area contributed by atoms with E-state index in [0.29, 0.717) is 16.7 Å². The van der Waals surface area contributed by atoms with Gasteiger partial charge in [-0.2, -0.15) is 0 Å². The van der Waals surface area contributed by atoms with Gasteiger partial charge in [0, 0.05) is 11.6 Å². The largest absolute Gasteiger partial charge is 0.338 e. The minimum absolute atomic E-state index is 0.639. The Hall–Kier alpha value is -0.350. The summed E-state index contributed by atoms with van der Waals surface area (Å²) in [5.41, 5.74) is 0. The number of unbranched alkanes of at least 4 members (excludes halogenated alkanes) is 1. The minimum Gasteiger partial charge on any atom is -0.338 e. The van der Waals surface area contributed by atoms with Crippen LogP contribution in [0.2, 0.25) is 0 Å². The summed E-state index contributed by atoms with van der Waals surface area (Å²) in [6, 6.07) is 0. The molecule has 3 nitrogen and oxygen atoms in total. The summed E-state index contributed by atoms with van der Waals surface area (Å²) in [4.78, 5) is 6.62. The molecular weight excluding hydrogens is 196 g/mol.